The third-order valence-electron chi connectivity index (χ3n) is 4.03. The Bertz CT molecular complexity index is 196. The van der Waals surface area contributed by atoms with Crippen molar-refractivity contribution in [2.45, 2.75) is 51.2 Å². The number of rotatable bonds is 5. The number of aliphatic hydroxyl groups excluding tert-OH is 1. The molecule has 94 valence electrons. The topological polar surface area (TPSA) is 35.5 Å². The van der Waals surface area contributed by atoms with Crippen molar-refractivity contribution in [2.75, 3.05) is 26.2 Å². The Morgan fingerprint density at radius 3 is 2.50 bits per heavy atom. The lowest BCUT2D eigenvalue weighted by molar-refractivity contribution is 0.0405. The van der Waals surface area contributed by atoms with Gasteiger partial charge >= 0.3 is 0 Å². The molecule has 0 aromatic carbocycles. The van der Waals surface area contributed by atoms with Crippen molar-refractivity contribution in [1.82, 2.24) is 10.2 Å². The zero-order valence-corrected chi connectivity index (χ0v) is 10.5. The van der Waals surface area contributed by atoms with Crippen LogP contribution in [-0.2, 0) is 0 Å². The minimum Gasteiger partial charge on any atom is -0.393 e. The van der Waals surface area contributed by atoms with Gasteiger partial charge in [-0.15, -0.1) is 0 Å². The van der Waals surface area contributed by atoms with Crippen LogP contribution in [0.25, 0.3) is 0 Å². The Kier molecular flexibility index (Phi) is 4.62. The molecule has 1 heterocycles. The molecule has 0 spiro atoms. The largest absolute Gasteiger partial charge is 0.393 e. The van der Waals surface area contributed by atoms with Crippen molar-refractivity contribution < 1.29 is 5.11 Å². The van der Waals surface area contributed by atoms with E-state index in [9.17, 15) is 5.11 Å². The SMILES string of the molecule is CCCN1CCC(NCC2CC(O)C2)CC1. The molecule has 16 heavy (non-hydrogen) atoms. The van der Waals surface area contributed by atoms with E-state index in [4.69, 9.17) is 0 Å². The predicted molar refractivity (Wildman–Crippen MR) is 66.5 cm³/mol. The molecule has 0 radical (unpaired) electrons. The summed E-state index contributed by atoms with van der Waals surface area (Å²) in [6.07, 6.45) is 5.91. The van der Waals surface area contributed by atoms with Gasteiger partial charge in [0.05, 0.1) is 6.10 Å². The third kappa shape index (κ3) is 3.44. The monoisotopic (exact) mass is 226 g/mol. The number of hydrogen-bond donors (Lipinski definition) is 2. The fourth-order valence-corrected chi connectivity index (χ4v) is 2.88. The normalized spacial score (nSPS) is 32.6. The van der Waals surface area contributed by atoms with Gasteiger partial charge in [-0.3, -0.25) is 0 Å². The smallest absolute Gasteiger partial charge is 0.0546 e. The maximum absolute atomic E-state index is 9.21. The Balaban J connectivity index is 1.55. The minimum absolute atomic E-state index is 0.00167. The minimum atomic E-state index is -0.00167. The summed E-state index contributed by atoms with van der Waals surface area (Å²) in [6, 6.07) is 0.728. The fourth-order valence-electron chi connectivity index (χ4n) is 2.88. The number of nitrogens with one attached hydrogen (secondary N) is 1. The summed E-state index contributed by atoms with van der Waals surface area (Å²) in [7, 11) is 0. The van der Waals surface area contributed by atoms with E-state index in [1.807, 2.05) is 0 Å². The molecule has 0 amide bonds. The van der Waals surface area contributed by atoms with Crippen LogP contribution >= 0.6 is 0 Å². The molecule has 3 heteroatoms. The molecule has 1 saturated carbocycles. The van der Waals surface area contributed by atoms with Gasteiger partial charge in [0.25, 0.3) is 0 Å². The molecular formula is C13H26N2O. The van der Waals surface area contributed by atoms with Crippen LogP contribution in [-0.4, -0.2) is 48.3 Å². The Labute approximate surface area is 99.2 Å². The lowest BCUT2D eigenvalue weighted by Crippen LogP contribution is -2.46. The van der Waals surface area contributed by atoms with E-state index in [0.717, 1.165) is 31.3 Å². The highest BCUT2D eigenvalue weighted by Gasteiger charge is 2.27. The summed E-state index contributed by atoms with van der Waals surface area (Å²) in [5.41, 5.74) is 0. The van der Waals surface area contributed by atoms with Crippen molar-refractivity contribution in [3.8, 4) is 0 Å². The highest BCUT2D eigenvalue weighted by atomic mass is 16.3. The second-order valence-corrected chi connectivity index (χ2v) is 5.52. The molecule has 0 aromatic rings. The van der Waals surface area contributed by atoms with Gasteiger partial charge in [-0.05, 0) is 64.2 Å². The van der Waals surface area contributed by atoms with Crippen LogP contribution in [0.5, 0.6) is 0 Å². The Morgan fingerprint density at radius 2 is 1.94 bits per heavy atom. The van der Waals surface area contributed by atoms with Crippen molar-refractivity contribution in [2.24, 2.45) is 5.92 Å². The van der Waals surface area contributed by atoms with Gasteiger partial charge in [0.15, 0.2) is 0 Å². The van der Waals surface area contributed by atoms with E-state index in [2.05, 4.69) is 17.1 Å². The zero-order valence-electron chi connectivity index (χ0n) is 10.5. The fraction of sp³-hybridized carbons (Fsp3) is 1.00. The van der Waals surface area contributed by atoms with Crippen LogP contribution in [0.3, 0.4) is 0 Å². The van der Waals surface area contributed by atoms with Crippen LogP contribution in [0.4, 0.5) is 0 Å². The molecule has 1 saturated heterocycles. The first-order valence-electron chi connectivity index (χ1n) is 6.91. The second-order valence-electron chi connectivity index (χ2n) is 5.52. The number of nitrogens with zero attached hydrogens (tertiary/aromatic N) is 1. The highest BCUT2D eigenvalue weighted by molar-refractivity contribution is 4.83. The van der Waals surface area contributed by atoms with E-state index < -0.39 is 0 Å². The number of likely N-dealkylation sites (tertiary alicyclic amines) is 1. The standard InChI is InChI=1S/C13H26N2O/c1-2-5-15-6-3-12(4-7-15)14-10-11-8-13(16)9-11/h11-14,16H,2-10H2,1H3. The second kappa shape index (κ2) is 5.99. The van der Waals surface area contributed by atoms with Crippen LogP contribution < -0.4 is 5.32 Å². The summed E-state index contributed by atoms with van der Waals surface area (Å²) >= 11 is 0. The summed E-state index contributed by atoms with van der Waals surface area (Å²) in [5, 5.41) is 12.9. The summed E-state index contributed by atoms with van der Waals surface area (Å²) < 4.78 is 0. The first-order chi connectivity index (χ1) is 7.78. The summed E-state index contributed by atoms with van der Waals surface area (Å²) in [4.78, 5) is 2.57. The molecule has 0 aromatic heterocycles. The van der Waals surface area contributed by atoms with E-state index in [1.165, 1.54) is 38.9 Å². The van der Waals surface area contributed by atoms with Crippen molar-refractivity contribution in [3.05, 3.63) is 0 Å². The van der Waals surface area contributed by atoms with Crippen molar-refractivity contribution >= 4 is 0 Å². The van der Waals surface area contributed by atoms with Gasteiger partial charge in [-0.2, -0.15) is 0 Å². The number of piperidine rings is 1. The van der Waals surface area contributed by atoms with Gasteiger partial charge < -0.3 is 15.3 Å². The Morgan fingerprint density at radius 1 is 1.25 bits per heavy atom. The molecular weight excluding hydrogens is 200 g/mol. The quantitative estimate of drug-likeness (QED) is 0.740. The summed E-state index contributed by atoms with van der Waals surface area (Å²) in [6.45, 7) is 7.17. The van der Waals surface area contributed by atoms with Crippen LogP contribution in [0, 0.1) is 5.92 Å². The molecule has 3 nitrogen and oxygen atoms in total. The maximum Gasteiger partial charge on any atom is 0.0546 e. The van der Waals surface area contributed by atoms with Gasteiger partial charge in [-0.25, -0.2) is 0 Å². The molecule has 1 aliphatic heterocycles. The molecule has 2 rings (SSSR count). The maximum atomic E-state index is 9.21. The van der Waals surface area contributed by atoms with Crippen molar-refractivity contribution in [3.63, 3.8) is 0 Å². The van der Waals surface area contributed by atoms with Gasteiger partial charge in [-0.1, -0.05) is 6.92 Å². The Hall–Kier alpha value is -0.120. The predicted octanol–water partition coefficient (Wildman–Crippen LogP) is 1.22. The van der Waals surface area contributed by atoms with E-state index in [-0.39, 0.29) is 6.10 Å². The summed E-state index contributed by atoms with van der Waals surface area (Å²) in [5.74, 6) is 0.740. The zero-order chi connectivity index (χ0) is 11.4. The van der Waals surface area contributed by atoms with Crippen LogP contribution in [0.2, 0.25) is 0 Å². The number of hydrogen-bond acceptors (Lipinski definition) is 3. The molecule has 0 atom stereocenters. The first-order valence-corrected chi connectivity index (χ1v) is 6.91. The average molecular weight is 226 g/mol. The van der Waals surface area contributed by atoms with Crippen LogP contribution in [0.15, 0.2) is 0 Å². The van der Waals surface area contributed by atoms with Gasteiger partial charge in [0.1, 0.15) is 0 Å². The molecule has 2 fully saturated rings. The van der Waals surface area contributed by atoms with Crippen molar-refractivity contribution in [1.29, 1.82) is 0 Å². The average Bonchev–Trinajstić information content (AvgIpc) is 2.25. The molecule has 2 N–H and O–H groups in total. The van der Waals surface area contributed by atoms with Gasteiger partial charge in [0, 0.05) is 6.04 Å². The molecule has 0 unspecified atom stereocenters. The highest BCUT2D eigenvalue weighted by Crippen LogP contribution is 2.26. The van der Waals surface area contributed by atoms with E-state index in [1.54, 1.807) is 0 Å². The van der Waals surface area contributed by atoms with Gasteiger partial charge in [0.2, 0.25) is 0 Å². The molecule has 1 aliphatic carbocycles. The van der Waals surface area contributed by atoms with E-state index in [0.29, 0.717) is 0 Å². The molecule has 2 aliphatic rings. The van der Waals surface area contributed by atoms with Crippen LogP contribution in [0.1, 0.15) is 39.0 Å². The lowest BCUT2D eigenvalue weighted by Gasteiger charge is -2.36. The first kappa shape index (κ1) is 12.3. The number of aliphatic hydroxyl groups is 1. The molecule has 0 bridgehead atoms. The third-order valence-corrected chi connectivity index (χ3v) is 4.03. The van der Waals surface area contributed by atoms with E-state index >= 15 is 0 Å². The lowest BCUT2D eigenvalue weighted by atomic mass is 9.82.